The largest absolute Gasteiger partial charge is 0.444 e. The highest BCUT2D eigenvalue weighted by Crippen LogP contribution is 2.31. The van der Waals surface area contributed by atoms with E-state index < -0.39 is 5.60 Å². The van der Waals surface area contributed by atoms with Crippen molar-refractivity contribution in [1.82, 2.24) is 10.6 Å². The predicted octanol–water partition coefficient (Wildman–Crippen LogP) is 3.70. The highest BCUT2D eigenvalue weighted by molar-refractivity contribution is 7.99. The first-order chi connectivity index (χ1) is 10.4. The van der Waals surface area contributed by atoms with Crippen molar-refractivity contribution in [2.75, 3.05) is 5.75 Å². The molecule has 4 atom stereocenters. The predicted molar refractivity (Wildman–Crippen MR) is 93.5 cm³/mol. The molecule has 0 bridgehead atoms. The standard InChI is InChI=1S/C17H32N2O2S/c1-5-22-15-8-6-7-14(15)18-12-9-10-13(11-12)19-16(20)21-17(2,3)4/h12-15,18H,5-11H2,1-4H3,(H,19,20). The third-order valence-corrected chi connectivity index (χ3v) is 5.76. The molecule has 0 radical (unpaired) electrons. The minimum absolute atomic E-state index is 0.256. The fraction of sp³-hybridized carbons (Fsp3) is 0.941. The van der Waals surface area contributed by atoms with Gasteiger partial charge in [-0.3, -0.25) is 0 Å². The van der Waals surface area contributed by atoms with Gasteiger partial charge in [0, 0.05) is 23.4 Å². The molecule has 4 unspecified atom stereocenters. The lowest BCUT2D eigenvalue weighted by molar-refractivity contribution is 0.0505. The molecule has 2 aliphatic carbocycles. The quantitative estimate of drug-likeness (QED) is 0.808. The van der Waals surface area contributed by atoms with Crippen LogP contribution >= 0.6 is 11.8 Å². The summed E-state index contributed by atoms with van der Waals surface area (Å²) in [6.45, 7) is 7.95. The van der Waals surface area contributed by atoms with E-state index in [1.54, 1.807) is 0 Å². The van der Waals surface area contributed by atoms with E-state index >= 15 is 0 Å². The van der Waals surface area contributed by atoms with Crippen LogP contribution in [0.25, 0.3) is 0 Å². The number of rotatable bonds is 5. The second-order valence-electron chi connectivity index (χ2n) is 7.55. The number of carbonyl (C=O) groups excluding carboxylic acids is 1. The van der Waals surface area contributed by atoms with E-state index in [4.69, 9.17) is 4.74 Å². The second-order valence-corrected chi connectivity index (χ2v) is 9.07. The number of hydrogen-bond donors (Lipinski definition) is 2. The van der Waals surface area contributed by atoms with Crippen molar-refractivity contribution in [3.05, 3.63) is 0 Å². The van der Waals surface area contributed by atoms with Crippen molar-refractivity contribution < 1.29 is 9.53 Å². The number of alkyl carbamates (subject to hydrolysis) is 1. The van der Waals surface area contributed by atoms with Gasteiger partial charge in [0.15, 0.2) is 0 Å². The molecule has 22 heavy (non-hydrogen) atoms. The molecule has 0 aromatic carbocycles. The zero-order valence-corrected chi connectivity index (χ0v) is 15.3. The highest BCUT2D eigenvalue weighted by Gasteiger charge is 2.33. The number of nitrogens with one attached hydrogen (secondary N) is 2. The van der Waals surface area contributed by atoms with Crippen LogP contribution in [0.4, 0.5) is 4.79 Å². The molecule has 0 saturated heterocycles. The van der Waals surface area contributed by atoms with E-state index in [-0.39, 0.29) is 12.1 Å². The second kappa shape index (κ2) is 7.91. The van der Waals surface area contributed by atoms with Gasteiger partial charge in [-0.05, 0) is 58.6 Å². The minimum Gasteiger partial charge on any atom is -0.444 e. The monoisotopic (exact) mass is 328 g/mol. The van der Waals surface area contributed by atoms with Crippen LogP contribution in [0.3, 0.4) is 0 Å². The number of hydrogen-bond acceptors (Lipinski definition) is 4. The zero-order chi connectivity index (χ0) is 16.2. The van der Waals surface area contributed by atoms with Gasteiger partial charge in [-0.25, -0.2) is 4.79 Å². The third-order valence-electron chi connectivity index (χ3n) is 4.44. The van der Waals surface area contributed by atoms with Crippen LogP contribution in [0.1, 0.15) is 66.2 Å². The average molecular weight is 329 g/mol. The summed E-state index contributed by atoms with van der Waals surface area (Å²) >= 11 is 2.10. The van der Waals surface area contributed by atoms with Crippen molar-refractivity contribution in [3.63, 3.8) is 0 Å². The van der Waals surface area contributed by atoms with Crippen LogP contribution in [0.2, 0.25) is 0 Å². The first kappa shape index (κ1) is 17.9. The maximum absolute atomic E-state index is 11.8. The van der Waals surface area contributed by atoms with E-state index in [0.717, 1.165) is 24.5 Å². The molecule has 2 aliphatic rings. The molecule has 128 valence electrons. The maximum Gasteiger partial charge on any atom is 0.407 e. The smallest absolute Gasteiger partial charge is 0.407 e. The summed E-state index contributed by atoms with van der Waals surface area (Å²) in [6.07, 6.45) is 6.95. The fourth-order valence-electron chi connectivity index (χ4n) is 3.57. The van der Waals surface area contributed by atoms with Gasteiger partial charge in [0.25, 0.3) is 0 Å². The zero-order valence-electron chi connectivity index (χ0n) is 14.5. The SMILES string of the molecule is CCSC1CCCC1NC1CCC(NC(=O)OC(C)(C)C)C1. The Morgan fingerprint density at radius 3 is 2.59 bits per heavy atom. The summed E-state index contributed by atoms with van der Waals surface area (Å²) in [4.78, 5) is 11.8. The Balaban J connectivity index is 1.72. The van der Waals surface area contributed by atoms with Gasteiger partial charge < -0.3 is 15.4 Å². The molecule has 0 spiro atoms. The lowest BCUT2D eigenvalue weighted by atomic mass is 10.1. The van der Waals surface area contributed by atoms with Gasteiger partial charge in [0.2, 0.25) is 0 Å². The van der Waals surface area contributed by atoms with Crippen molar-refractivity contribution in [2.45, 2.75) is 95.2 Å². The first-order valence-corrected chi connectivity index (χ1v) is 9.79. The van der Waals surface area contributed by atoms with Crippen molar-refractivity contribution in [2.24, 2.45) is 0 Å². The Bertz CT molecular complexity index is 370. The Kier molecular flexibility index (Phi) is 6.45. The van der Waals surface area contributed by atoms with E-state index in [1.165, 1.54) is 25.0 Å². The molecule has 5 heteroatoms. The molecule has 0 aromatic rings. The average Bonchev–Trinajstić information content (AvgIpc) is 2.98. The molecule has 2 N–H and O–H groups in total. The van der Waals surface area contributed by atoms with Crippen molar-refractivity contribution in [1.29, 1.82) is 0 Å². The van der Waals surface area contributed by atoms with Crippen LogP contribution < -0.4 is 10.6 Å². The van der Waals surface area contributed by atoms with E-state index in [1.807, 2.05) is 20.8 Å². The molecule has 0 aliphatic heterocycles. The van der Waals surface area contributed by atoms with Gasteiger partial charge in [0.1, 0.15) is 5.60 Å². The van der Waals surface area contributed by atoms with Crippen LogP contribution in [0.15, 0.2) is 0 Å². The van der Waals surface area contributed by atoms with E-state index in [9.17, 15) is 4.79 Å². The number of ether oxygens (including phenoxy) is 1. The summed E-state index contributed by atoms with van der Waals surface area (Å²) in [5, 5.41) is 7.65. The molecule has 2 fully saturated rings. The van der Waals surface area contributed by atoms with Gasteiger partial charge in [-0.2, -0.15) is 11.8 Å². The van der Waals surface area contributed by atoms with Gasteiger partial charge >= 0.3 is 6.09 Å². The van der Waals surface area contributed by atoms with Crippen LogP contribution in [0, 0.1) is 0 Å². The van der Waals surface area contributed by atoms with E-state index in [0.29, 0.717) is 12.1 Å². The van der Waals surface area contributed by atoms with Crippen LogP contribution in [-0.4, -0.2) is 40.8 Å². The Morgan fingerprint density at radius 2 is 1.91 bits per heavy atom. The lowest BCUT2D eigenvalue weighted by Crippen LogP contribution is -2.42. The number of amides is 1. The number of carbonyl (C=O) groups is 1. The van der Waals surface area contributed by atoms with Gasteiger partial charge in [-0.1, -0.05) is 13.3 Å². The van der Waals surface area contributed by atoms with Crippen molar-refractivity contribution >= 4 is 17.9 Å². The van der Waals surface area contributed by atoms with Crippen LogP contribution in [0.5, 0.6) is 0 Å². The molecule has 0 heterocycles. The minimum atomic E-state index is -0.422. The summed E-state index contributed by atoms with van der Waals surface area (Å²) < 4.78 is 5.34. The Hall–Kier alpha value is -0.420. The molecule has 0 aromatic heterocycles. The lowest BCUT2D eigenvalue weighted by Gasteiger charge is -2.25. The summed E-state index contributed by atoms with van der Waals surface area (Å²) in [7, 11) is 0. The Labute approximate surface area is 139 Å². The molecule has 1 amide bonds. The highest BCUT2D eigenvalue weighted by atomic mass is 32.2. The molecule has 2 rings (SSSR count). The molecule has 4 nitrogen and oxygen atoms in total. The van der Waals surface area contributed by atoms with E-state index in [2.05, 4.69) is 29.3 Å². The van der Waals surface area contributed by atoms with Crippen LogP contribution in [-0.2, 0) is 4.74 Å². The topological polar surface area (TPSA) is 50.4 Å². The molecular formula is C17H32N2O2S. The summed E-state index contributed by atoms with van der Waals surface area (Å²) in [5.41, 5.74) is -0.422. The molecular weight excluding hydrogens is 296 g/mol. The summed E-state index contributed by atoms with van der Waals surface area (Å²) in [5.74, 6) is 1.20. The molecule has 2 saturated carbocycles. The normalized spacial score (nSPS) is 32.2. The third kappa shape index (κ3) is 5.65. The fourth-order valence-corrected chi connectivity index (χ4v) is 4.78. The maximum atomic E-state index is 11.8. The van der Waals surface area contributed by atoms with Gasteiger partial charge in [0.05, 0.1) is 0 Å². The Morgan fingerprint density at radius 1 is 1.18 bits per heavy atom. The van der Waals surface area contributed by atoms with Gasteiger partial charge in [-0.15, -0.1) is 0 Å². The van der Waals surface area contributed by atoms with Crippen molar-refractivity contribution in [3.8, 4) is 0 Å². The number of thioether (sulfide) groups is 1. The first-order valence-electron chi connectivity index (χ1n) is 8.74. The summed E-state index contributed by atoms with van der Waals surface area (Å²) in [6, 6.07) is 1.46.